The lowest BCUT2D eigenvalue weighted by molar-refractivity contribution is -0.112. The van der Waals surface area contributed by atoms with Crippen molar-refractivity contribution in [3.8, 4) is 11.8 Å². The van der Waals surface area contributed by atoms with Gasteiger partial charge in [0.1, 0.15) is 24.0 Å². The fourth-order valence-electron chi connectivity index (χ4n) is 2.58. The van der Waals surface area contributed by atoms with Gasteiger partial charge in [0.25, 0.3) is 5.91 Å². The molecule has 0 bridgehead atoms. The minimum Gasteiger partial charge on any atom is -0.488 e. The second kappa shape index (κ2) is 10.3. The summed E-state index contributed by atoms with van der Waals surface area (Å²) in [4.78, 5) is 12.5. The first-order valence-electron chi connectivity index (χ1n) is 8.81. The quantitative estimate of drug-likeness (QED) is 0.295. The molecule has 3 rings (SSSR count). The maximum absolute atomic E-state index is 12.5. The van der Waals surface area contributed by atoms with Crippen molar-refractivity contribution in [3.63, 3.8) is 0 Å². The molecule has 0 aliphatic rings. The molecule has 7 heteroatoms. The standard InChI is InChI=1S/C23H15BrCl2N2O2/c24-18-7-9-22(30-14-15-6-8-19(25)12-21(15)26)16(11-18)10-17(13-27)23(29)28-20-4-2-1-3-5-20/h1-12H,14H2,(H,28,29)/b17-10+. The highest BCUT2D eigenvalue weighted by Crippen LogP contribution is 2.28. The number of amides is 1. The van der Waals surface area contributed by atoms with E-state index < -0.39 is 5.91 Å². The average molecular weight is 502 g/mol. The molecule has 1 N–H and O–H groups in total. The molecule has 30 heavy (non-hydrogen) atoms. The highest BCUT2D eigenvalue weighted by molar-refractivity contribution is 9.10. The Morgan fingerprint density at radius 1 is 1.10 bits per heavy atom. The van der Waals surface area contributed by atoms with Gasteiger partial charge in [-0.05, 0) is 48.5 Å². The molecule has 0 aromatic heterocycles. The number of anilines is 1. The third-order valence-corrected chi connectivity index (χ3v) is 5.15. The molecule has 0 spiro atoms. The van der Waals surface area contributed by atoms with Crippen molar-refractivity contribution in [2.45, 2.75) is 6.61 Å². The zero-order valence-corrected chi connectivity index (χ0v) is 18.6. The number of carbonyl (C=O) groups is 1. The molecule has 0 aliphatic carbocycles. The van der Waals surface area contributed by atoms with Gasteiger partial charge in [-0.15, -0.1) is 0 Å². The number of benzene rings is 3. The van der Waals surface area contributed by atoms with E-state index in [0.717, 1.165) is 10.0 Å². The van der Waals surface area contributed by atoms with Crippen molar-refractivity contribution in [2.24, 2.45) is 0 Å². The normalized spacial score (nSPS) is 10.9. The van der Waals surface area contributed by atoms with Gasteiger partial charge in [0.2, 0.25) is 0 Å². The van der Waals surface area contributed by atoms with Crippen molar-refractivity contribution in [3.05, 3.63) is 97.9 Å². The molecule has 0 saturated heterocycles. The summed E-state index contributed by atoms with van der Waals surface area (Å²) >= 11 is 15.5. The van der Waals surface area contributed by atoms with Crippen molar-refractivity contribution < 1.29 is 9.53 Å². The van der Waals surface area contributed by atoms with Gasteiger partial charge in [0.05, 0.1) is 0 Å². The summed E-state index contributed by atoms with van der Waals surface area (Å²) in [5.41, 5.74) is 1.90. The van der Waals surface area contributed by atoms with Crippen LogP contribution >= 0.6 is 39.1 Å². The summed E-state index contributed by atoms with van der Waals surface area (Å²) in [6.07, 6.45) is 1.49. The van der Waals surface area contributed by atoms with Crippen LogP contribution in [0.5, 0.6) is 5.75 Å². The Morgan fingerprint density at radius 3 is 2.57 bits per heavy atom. The Labute approximate surface area is 192 Å². The van der Waals surface area contributed by atoms with Crippen LogP contribution in [0.15, 0.2) is 76.8 Å². The first-order valence-corrected chi connectivity index (χ1v) is 10.4. The fourth-order valence-corrected chi connectivity index (χ4v) is 3.42. The van der Waals surface area contributed by atoms with Crippen LogP contribution in [-0.2, 0) is 11.4 Å². The SMILES string of the molecule is N#C/C(=C\c1cc(Br)ccc1OCc1ccc(Cl)cc1Cl)C(=O)Nc1ccccc1. The lowest BCUT2D eigenvalue weighted by Gasteiger charge is -2.12. The van der Waals surface area contributed by atoms with Crippen molar-refractivity contribution in [2.75, 3.05) is 5.32 Å². The number of ether oxygens (including phenoxy) is 1. The lowest BCUT2D eigenvalue weighted by atomic mass is 10.1. The smallest absolute Gasteiger partial charge is 0.266 e. The molecular weight excluding hydrogens is 487 g/mol. The Morgan fingerprint density at radius 2 is 1.87 bits per heavy atom. The maximum atomic E-state index is 12.5. The number of hydrogen-bond donors (Lipinski definition) is 1. The molecule has 0 radical (unpaired) electrons. The summed E-state index contributed by atoms with van der Waals surface area (Å²) in [5.74, 6) is -0.000140. The van der Waals surface area contributed by atoms with Gasteiger partial charge in [-0.1, -0.05) is 63.4 Å². The van der Waals surface area contributed by atoms with E-state index in [4.69, 9.17) is 27.9 Å². The number of nitriles is 1. The second-order valence-electron chi connectivity index (χ2n) is 6.20. The van der Waals surface area contributed by atoms with Crippen LogP contribution in [0, 0.1) is 11.3 Å². The van der Waals surface area contributed by atoms with Crippen LogP contribution in [0.4, 0.5) is 5.69 Å². The minimum absolute atomic E-state index is 0.0497. The summed E-state index contributed by atoms with van der Waals surface area (Å²) in [5, 5.41) is 13.2. The van der Waals surface area contributed by atoms with Crippen LogP contribution in [0.1, 0.15) is 11.1 Å². The largest absolute Gasteiger partial charge is 0.488 e. The summed E-state index contributed by atoms with van der Waals surface area (Å²) in [6, 6.07) is 21.4. The van der Waals surface area contributed by atoms with Crippen LogP contribution in [-0.4, -0.2) is 5.91 Å². The molecule has 4 nitrogen and oxygen atoms in total. The van der Waals surface area contributed by atoms with E-state index in [1.54, 1.807) is 54.6 Å². The molecule has 150 valence electrons. The molecular formula is C23H15BrCl2N2O2. The molecule has 1 amide bonds. The Balaban J connectivity index is 1.84. The maximum Gasteiger partial charge on any atom is 0.266 e. The molecule has 3 aromatic rings. The van der Waals surface area contributed by atoms with E-state index in [2.05, 4.69) is 21.2 Å². The topological polar surface area (TPSA) is 62.1 Å². The monoisotopic (exact) mass is 500 g/mol. The van der Waals surface area contributed by atoms with E-state index in [1.165, 1.54) is 6.08 Å². The van der Waals surface area contributed by atoms with E-state index in [1.807, 2.05) is 18.2 Å². The van der Waals surface area contributed by atoms with Gasteiger partial charge < -0.3 is 10.1 Å². The van der Waals surface area contributed by atoms with Gasteiger partial charge in [-0.25, -0.2) is 0 Å². The fraction of sp³-hybridized carbons (Fsp3) is 0.0435. The summed E-state index contributed by atoms with van der Waals surface area (Å²) in [6.45, 7) is 0.205. The molecule has 0 heterocycles. The third-order valence-electron chi connectivity index (χ3n) is 4.07. The van der Waals surface area contributed by atoms with Crippen LogP contribution in [0.3, 0.4) is 0 Å². The van der Waals surface area contributed by atoms with Gasteiger partial charge in [-0.2, -0.15) is 5.26 Å². The summed E-state index contributed by atoms with van der Waals surface area (Å²) < 4.78 is 6.69. The Bertz CT molecular complexity index is 1140. The lowest BCUT2D eigenvalue weighted by Crippen LogP contribution is -2.13. The molecule has 0 fully saturated rings. The zero-order chi connectivity index (χ0) is 21.5. The number of para-hydroxylation sites is 1. The van der Waals surface area contributed by atoms with Crippen molar-refractivity contribution >= 4 is 56.8 Å². The first kappa shape index (κ1) is 21.9. The zero-order valence-electron chi connectivity index (χ0n) is 15.5. The van der Waals surface area contributed by atoms with Crippen LogP contribution in [0.2, 0.25) is 10.0 Å². The molecule has 0 atom stereocenters. The highest BCUT2D eigenvalue weighted by atomic mass is 79.9. The molecule has 0 unspecified atom stereocenters. The number of carbonyl (C=O) groups excluding carboxylic acids is 1. The van der Waals surface area contributed by atoms with Crippen LogP contribution < -0.4 is 10.1 Å². The number of nitrogens with zero attached hydrogens (tertiary/aromatic N) is 1. The Kier molecular flexibility index (Phi) is 7.53. The predicted molar refractivity (Wildman–Crippen MR) is 124 cm³/mol. The molecule has 3 aromatic carbocycles. The van der Waals surface area contributed by atoms with Crippen molar-refractivity contribution in [1.29, 1.82) is 5.26 Å². The van der Waals surface area contributed by atoms with Gasteiger partial charge in [0.15, 0.2) is 0 Å². The summed E-state index contributed by atoms with van der Waals surface area (Å²) in [7, 11) is 0. The van der Waals surface area contributed by atoms with Gasteiger partial charge in [0, 0.05) is 31.3 Å². The minimum atomic E-state index is -0.504. The van der Waals surface area contributed by atoms with E-state index in [-0.39, 0.29) is 12.2 Å². The van der Waals surface area contributed by atoms with Gasteiger partial charge in [-0.3, -0.25) is 4.79 Å². The molecule has 0 aliphatic heterocycles. The number of halogens is 3. The second-order valence-corrected chi connectivity index (χ2v) is 7.96. The van der Waals surface area contributed by atoms with E-state index in [0.29, 0.717) is 27.0 Å². The van der Waals surface area contributed by atoms with Gasteiger partial charge >= 0.3 is 0 Å². The third kappa shape index (κ3) is 5.87. The van der Waals surface area contributed by atoms with E-state index >= 15 is 0 Å². The van der Waals surface area contributed by atoms with Crippen LogP contribution in [0.25, 0.3) is 6.08 Å². The van der Waals surface area contributed by atoms with E-state index in [9.17, 15) is 10.1 Å². The highest BCUT2D eigenvalue weighted by Gasteiger charge is 2.12. The first-order chi connectivity index (χ1) is 14.5. The number of nitrogens with one attached hydrogen (secondary N) is 1. The number of hydrogen-bond acceptors (Lipinski definition) is 3. The Hall–Kier alpha value is -2.78. The predicted octanol–water partition coefficient (Wildman–Crippen LogP) is 6.88. The average Bonchev–Trinajstić information content (AvgIpc) is 2.73. The molecule has 0 saturated carbocycles. The number of rotatable bonds is 6. The van der Waals surface area contributed by atoms with Crippen molar-refractivity contribution in [1.82, 2.24) is 0 Å².